The Kier molecular flexibility index (Phi) is 3.54. The third-order valence-electron chi connectivity index (χ3n) is 2.34. The number of aryl methyl sites for hydroxylation is 1. The minimum Gasteiger partial charge on any atom is -0.207 e. The minimum absolute atomic E-state index is 0.0279. The van der Waals surface area contributed by atoms with Crippen molar-refractivity contribution in [1.82, 2.24) is 0 Å². The van der Waals surface area contributed by atoms with Gasteiger partial charge in [-0.15, -0.1) is 11.6 Å². The molecule has 0 nitrogen and oxygen atoms in total. The van der Waals surface area contributed by atoms with E-state index in [1.807, 2.05) is 13.0 Å². The lowest BCUT2D eigenvalue weighted by molar-refractivity contribution is 0.416. The third-order valence-corrected chi connectivity index (χ3v) is 3.07. The monoisotopic (exact) mass is 214 g/mol. The molecule has 0 atom stereocenters. The molecular weight excluding hydrogens is 199 g/mol. The Bertz CT molecular complexity index is 318. The van der Waals surface area contributed by atoms with Crippen molar-refractivity contribution >= 4 is 11.6 Å². The maximum absolute atomic E-state index is 13.0. The van der Waals surface area contributed by atoms with Gasteiger partial charge in [0.25, 0.3) is 0 Å². The van der Waals surface area contributed by atoms with Crippen LogP contribution in [0.15, 0.2) is 18.2 Å². The van der Waals surface area contributed by atoms with Gasteiger partial charge < -0.3 is 0 Å². The van der Waals surface area contributed by atoms with Crippen molar-refractivity contribution in [3.63, 3.8) is 0 Å². The summed E-state index contributed by atoms with van der Waals surface area (Å²) >= 11 is 5.84. The van der Waals surface area contributed by atoms with Gasteiger partial charge in [-0.3, -0.25) is 0 Å². The van der Waals surface area contributed by atoms with Gasteiger partial charge in [-0.1, -0.05) is 19.9 Å². The zero-order chi connectivity index (χ0) is 10.8. The summed E-state index contributed by atoms with van der Waals surface area (Å²) in [4.78, 5) is 0. The first-order valence-electron chi connectivity index (χ1n) is 4.75. The Balaban J connectivity index is 2.91. The van der Waals surface area contributed by atoms with E-state index in [1.165, 1.54) is 6.07 Å². The van der Waals surface area contributed by atoms with E-state index in [2.05, 4.69) is 13.8 Å². The number of hydrogen-bond acceptors (Lipinski definition) is 0. The van der Waals surface area contributed by atoms with Gasteiger partial charge in [-0.2, -0.15) is 0 Å². The summed E-state index contributed by atoms with van der Waals surface area (Å²) in [7, 11) is 0. The summed E-state index contributed by atoms with van der Waals surface area (Å²) < 4.78 is 13.0. The topological polar surface area (TPSA) is 0 Å². The predicted molar refractivity (Wildman–Crippen MR) is 59.3 cm³/mol. The predicted octanol–water partition coefficient (Wildman–Crippen LogP) is 3.94. The average molecular weight is 215 g/mol. The zero-order valence-corrected chi connectivity index (χ0v) is 9.66. The standard InChI is InChI=1S/C12H16ClF/c1-9-4-5-11(14)6-10(9)7-12(2,3)8-13/h4-6H,7-8H2,1-3H3. The maximum Gasteiger partial charge on any atom is 0.123 e. The molecule has 0 unspecified atom stereocenters. The lowest BCUT2D eigenvalue weighted by Gasteiger charge is -2.22. The minimum atomic E-state index is -0.170. The Morgan fingerprint density at radius 1 is 1.36 bits per heavy atom. The van der Waals surface area contributed by atoms with Crippen LogP contribution in [0.25, 0.3) is 0 Å². The molecule has 1 aromatic rings. The molecule has 0 heterocycles. The van der Waals surface area contributed by atoms with Crippen LogP contribution in [-0.4, -0.2) is 5.88 Å². The number of benzene rings is 1. The van der Waals surface area contributed by atoms with Crippen molar-refractivity contribution in [2.75, 3.05) is 5.88 Å². The van der Waals surface area contributed by atoms with Crippen molar-refractivity contribution < 1.29 is 4.39 Å². The largest absolute Gasteiger partial charge is 0.207 e. The van der Waals surface area contributed by atoms with Crippen molar-refractivity contribution in [3.05, 3.63) is 35.1 Å². The molecule has 0 radical (unpaired) electrons. The van der Waals surface area contributed by atoms with Gasteiger partial charge in [0, 0.05) is 5.88 Å². The van der Waals surface area contributed by atoms with Crippen molar-refractivity contribution in [1.29, 1.82) is 0 Å². The van der Waals surface area contributed by atoms with Crippen LogP contribution in [0.5, 0.6) is 0 Å². The van der Waals surface area contributed by atoms with Gasteiger partial charge in [-0.05, 0) is 42.0 Å². The van der Waals surface area contributed by atoms with Crippen molar-refractivity contribution in [2.45, 2.75) is 27.2 Å². The van der Waals surface area contributed by atoms with E-state index in [9.17, 15) is 4.39 Å². The van der Waals surface area contributed by atoms with Gasteiger partial charge in [0.2, 0.25) is 0 Å². The second-order valence-electron chi connectivity index (χ2n) is 4.55. The zero-order valence-electron chi connectivity index (χ0n) is 8.90. The Morgan fingerprint density at radius 2 is 2.00 bits per heavy atom. The lowest BCUT2D eigenvalue weighted by atomic mass is 9.86. The molecule has 14 heavy (non-hydrogen) atoms. The lowest BCUT2D eigenvalue weighted by Crippen LogP contribution is -2.17. The van der Waals surface area contributed by atoms with Crippen molar-refractivity contribution in [2.24, 2.45) is 5.41 Å². The highest BCUT2D eigenvalue weighted by Crippen LogP contribution is 2.25. The molecule has 0 bridgehead atoms. The van der Waals surface area contributed by atoms with Crippen LogP contribution in [0.3, 0.4) is 0 Å². The molecular formula is C12H16ClF. The summed E-state index contributed by atoms with van der Waals surface area (Å²) in [5.74, 6) is 0.416. The molecule has 0 saturated carbocycles. The molecule has 0 aromatic heterocycles. The molecule has 2 heteroatoms. The van der Waals surface area contributed by atoms with Crippen LogP contribution in [-0.2, 0) is 6.42 Å². The summed E-state index contributed by atoms with van der Waals surface area (Å²) in [6, 6.07) is 4.91. The first-order chi connectivity index (χ1) is 6.44. The number of hydrogen-bond donors (Lipinski definition) is 0. The highest BCUT2D eigenvalue weighted by molar-refractivity contribution is 6.18. The fraction of sp³-hybridized carbons (Fsp3) is 0.500. The number of alkyl halides is 1. The van der Waals surface area contributed by atoms with E-state index in [1.54, 1.807) is 6.07 Å². The van der Waals surface area contributed by atoms with Gasteiger partial charge >= 0.3 is 0 Å². The summed E-state index contributed by atoms with van der Waals surface area (Å²) in [6.07, 6.45) is 0.820. The van der Waals surface area contributed by atoms with Crippen LogP contribution in [0.4, 0.5) is 4.39 Å². The molecule has 0 aliphatic carbocycles. The van der Waals surface area contributed by atoms with E-state index in [0.717, 1.165) is 17.5 Å². The fourth-order valence-corrected chi connectivity index (χ4v) is 1.49. The number of rotatable bonds is 3. The van der Waals surface area contributed by atoms with E-state index < -0.39 is 0 Å². The third kappa shape index (κ3) is 2.98. The maximum atomic E-state index is 13.0. The summed E-state index contributed by atoms with van der Waals surface area (Å²) in [6.45, 7) is 6.17. The highest BCUT2D eigenvalue weighted by atomic mass is 35.5. The second-order valence-corrected chi connectivity index (χ2v) is 4.81. The molecule has 1 rings (SSSR count). The van der Waals surface area contributed by atoms with E-state index >= 15 is 0 Å². The Labute approximate surface area is 90.1 Å². The molecule has 0 N–H and O–H groups in total. The molecule has 0 aliphatic rings. The molecule has 0 fully saturated rings. The molecule has 0 amide bonds. The smallest absolute Gasteiger partial charge is 0.123 e. The molecule has 0 spiro atoms. The van der Waals surface area contributed by atoms with Crippen LogP contribution >= 0.6 is 11.6 Å². The van der Waals surface area contributed by atoms with Crippen LogP contribution in [0.2, 0.25) is 0 Å². The van der Waals surface area contributed by atoms with Crippen LogP contribution in [0.1, 0.15) is 25.0 Å². The van der Waals surface area contributed by atoms with Gasteiger partial charge in [0.1, 0.15) is 5.82 Å². The fourth-order valence-electron chi connectivity index (χ4n) is 1.39. The summed E-state index contributed by atoms with van der Waals surface area (Å²) in [5, 5.41) is 0. The quantitative estimate of drug-likeness (QED) is 0.669. The second kappa shape index (κ2) is 4.31. The Morgan fingerprint density at radius 3 is 2.57 bits per heavy atom. The van der Waals surface area contributed by atoms with Gasteiger partial charge in [0.15, 0.2) is 0 Å². The number of halogens is 2. The van der Waals surface area contributed by atoms with E-state index in [4.69, 9.17) is 11.6 Å². The van der Waals surface area contributed by atoms with Gasteiger partial charge in [0.05, 0.1) is 0 Å². The SMILES string of the molecule is Cc1ccc(F)cc1CC(C)(C)CCl. The van der Waals surface area contributed by atoms with Crippen LogP contribution in [0, 0.1) is 18.2 Å². The van der Waals surface area contributed by atoms with Crippen molar-refractivity contribution in [3.8, 4) is 0 Å². The molecule has 0 aliphatic heterocycles. The van der Waals surface area contributed by atoms with Gasteiger partial charge in [-0.25, -0.2) is 4.39 Å². The molecule has 78 valence electrons. The normalized spacial score (nSPS) is 11.8. The summed E-state index contributed by atoms with van der Waals surface area (Å²) in [5.41, 5.74) is 2.21. The average Bonchev–Trinajstić information content (AvgIpc) is 2.11. The molecule has 0 saturated heterocycles. The molecule has 1 aromatic carbocycles. The Hall–Kier alpha value is -0.560. The van der Waals surface area contributed by atoms with E-state index in [-0.39, 0.29) is 11.2 Å². The first kappa shape index (κ1) is 11.5. The first-order valence-corrected chi connectivity index (χ1v) is 5.29. The highest BCUT2D eigenvalue weighted by Gasteiger charge is 2.18. The van der Waals surface area contributed by atoms with E-state index in [0.29, 0.717) is 5.88 Å². The van der Waals surface area contributed by atoms with Crippen LogP contribution < -0.4 is 0 Å².